The highest BCUT2D eigenvalue weighted by Gasteiger charge is 2.75. The first-order valence-electron chi connectivity index (χ1n) is 11.4. The molecule has 3 aliphatic rings. The first-order chi connectivity index (χ1) is 16.8. The molecule has 2 saturated carbocycles. The Hall–Kier alpha value is -2.69. The first-order valence-corrected chi connectivity index (χ1v) is 12.9. The van der Waals surface area contributed by atoms with Gasteiger partial charge < -0.3 is 20.3 Å². The van der Waals surface area contributed by atoms with Crippen LogP contribution in [0.2, 0.25) is 0 Å². The van der Waals surface area contributed by atoms with Crippen LogP contribution >= 0.6 is 0 Å². The molecular formula is C23H25F3N2O7S. The topological polar surface area (TPSA) is 157 Å². The predicted octanol–water partition coefficient (Wildman–Crippen LogP) is 2.29. The van der Waals surface area contributed by atoms with Crippen molar-refractivity contribution in [3.05, 3.63) is 29.8 Å². The molecule has 4 rings (SSSR count). The number of amides is 1. The number of carbonyl (C=O) groups excluding carboxylic acids is 1. The zero-order valence-electron chi connectivity index (χ0n) is 19.0. The quantitative estimate of drug-likeness (QED) is 0.544. The Morgan fingerprint density at radius 2 is 1.83 bits per heavy atom. The van der Waals surface area contributed by atoms with Gasteiger partial charge in [-0.25, -0.2) is 8.42 Å². The number of halogens is 3. The molecule has 1 heterocycles. The maximum absolute atomic E-state index is 13.6. The fourth-order valence-corrected chi connectivity index (χ4v) is 7.74. The molecule has 196 valence electrons. The van der Waals surface area contributed by atoms with E-state index in [9.17, 15) is 41.5 Å². The van der Waals surface area contributed by atoms with Crippen LogP contribution in [0.15, 0.2) is 29.2 Å². The van der Waals surface area contributed by atoms with Gasteiger partial charge in [0.1, 0.15) is 10.8 Å². The average Bonchev–Trinajstić information content (AvgIpc) is 3.46. The zero-order chi connectivity index (χ0) is 26.5. The highest BCUT2D eigenvalue weighted by Crippen LogP contribution is 2.67. The van der Waals surface area contributed by atoms with Gasteiger partial charge in [-0.1, -0.05) is 12.1 Å². The van der Waals surface area contributed by atoms with Crippen LogP contribution in [-0.2, 0) is 35.1 Å². The van der Waals surface area contributed by atoms with Crippen LogP contribution < -0.4 is 5.73 Å². The van der Waals surface area contributed by atoms with Crippen molar-refractivity contribution in [1.82, 2.24) is 0 Å². The Kier molecular flexibility index (Phi) is 6.60. The molecule has 1 saturated heterocycles. The number of sulfone groups is 1. The van der Waals surface area contributed by atoms with Gasteiger partial charge >= 0.3 is 12.1 Å². The summed E-state index contributed by atoms with van der Waals surface area (Å²) in [6.07, 6.45) is -7.12. The van der Waals surface area contributed by atoms with Crippen molar-refractivity contribution < 1.29 is 45.8 Å². The van der Waals surface area contributed by atoms with Gasteiger partial charge in [-0.15, -0.1) is 0 Å². The lowest BCUT2D eigenvalue weighted by Gasteiger charge is -2.35. The molecule has 1 aromatic rings. The molecule has 3 fully saturated rings. The van der Waals surface area contributed by atoms with Gasteiger partial charge in [-0.2, -0.15) is 18.4 Å². The number of carboxylic acid groups (broad SMARTS) is 1. The summed E-state index contributed by atoms with van der Waals surface area (Å²) < 4.78 is 79.3. The SMILES string of the molecule is N#CC1(C(N)=O)CC1[C@@]1(C(=O)O)C[C@H](S(=O)(=O)c2ccccc2C(F)(F)F)C[C@@H]1OC1CCOCC1. The van der Waals surface area contributed by atoms with Gasteiger partial charge in [0.05, 0.1) is 34.0 Å². The van der Waals surface area contributed by atoms with Crippen molar-refractivity contribution in [1.29, 1.82) is 5.26 Å². The summed E-state index contributed by atoms with van der Waals surface area (Å²) in [5, 5.41) is 18.5. The minimum atomic E-state index is -4.96. The van der Waals surface area contributed by atoms with Crippen LogP contribution in [0.4, 0.5) is 13.2 Å². The summed E-state index contributed by atoms with van der Waals surface area (Å²) in [5.74, 6) is -3.66. The molecule has 36 heavy (non-hydrogen) atoms. The van der Waals surface area contributed by atoms with Crippen LogP contribution in [0.5, 0.6) is 0 Å². The van der Waals surface area contributed by atoms with Crippen LogP contribution in [0.1, 0.15) is 37.7 Å². The maximum atomic E-state index is 13.6. The molecule has 1 amide bonds. The predicted molar refractivity (Wildman–Crippen MR) is 116 cm³/mol. The lowest BCUT2D eigenvalue weighted by Crippen LogP contribution is -2.46. The molecule has 1 aliphatic heterocycles. The second-order valence-electron chi connectivity index (χ2n) is 9.59. The van der Waals surface area contributed by atoms with Gasteiger partial charge in [0.15, 0.2) is 9.84 Å². The minimum absolute atomic E-state index is 0.204. The third-order valence-electron chi connectivity index (χ3n) is 7.70. The molecule has 0 bridgehead atoms. The van der Waals surface area contributed by atoms with E-state index in [4.69, 9.17) is 15.2 Å². The van der Waals surface area contributed by atoms with E-state index in [1.165, 1.54) is 0 Å². The third kappa shape index (κ3) is 4.14. The molecule has 9 nitrogen and oxygen atoms in total. The second kappa shape index (κ2) is 9.00. The number of carbonyl (C=O) groups is 2. The van der Waals surface area contributed by atoms with E-state index >= 15 is 0 Å². The Bertz CT molecular complexity index is 1210. The van der Waals surface area contributed by atoms with Gasteiger partial charge in [0, 0.05) is 19.1 Å². The van der Waals surface area contributed by atoms with Crippen molar-refractivity contribution in [2.75, 3.05) is 13.2 Å². The minimum Gasteiger partial charge on any atom is -0.481 e. The molecule has 3 N–H and O–H groups in total. The lowest BCUT2D eigenvalue weighted by atomic mass is 9.75. The van der Waals surface area contributed by atoms with E-state index < -0.39 is 85.4 Å². The van der Waals surface area contributed by atoms with E-state index in [2.05, 4.69) is 0 Å². The fourth-order valence-electron chi connectivity index (χ4n) is 5.70. The van der Waals surface area contributed by atoms with Crippen LogP contribution in [0, 0.1) is 28.1 Å². The van der Waals surface area contributed by atoms with E-state index in [-0.39, 0.29) is 6.42 Å². The summed E-state index contributed by atoms with van der Waals surface area (Å²) in [4.78, 5) is 23.9. The molecular weight excluding hydrogens is 505 g/mol. The number of nitrogens with two attached hydrogens (primary N) is 1. The van der Waals surface area contributed by atoms with E-state index in [1.54, 1.807) is 6.07 Å². The number of carboxylic acids is 1. The normalized spacial score (nSPS) is 33.1. The number of nitriles is 1. The van der Waals surface area contributed by atoms with Crippen LogP contribution in [0.25, 0.3) is 0 Å². The number of rotatable bonds is 7. The van der Waals surface area contributed by atoms with E-state index in [1.807, 2.05) is 0 Å². The van der Waals surface area contributed by atoms with Crippen molar-refractivity contribution in [3.63, 3.8) is 0 Å². The molecule has 1 aromatic carbocycles. The largest absolute Gasteiger partial charge is 0.481 e. The van der Waals surface area contributed by atoms with Gasteiger partial charge in [0.2, 0.25) is 5.91 Å². The molecule has 2 unspecified atom stereocenters. The molecule has 2 aliphatic carbocycles. The number of benzene rings is 1. The standard InChI is InChI=1S/C23H25F3N2O7S/c24-23(25,26)15-3-1-2-4-16(15)36(32,33)14-9-18(35-13-5-7-34-8-6-13)22(10-14,20(30)31)17-11-21(17,12-27)19(28)29/h1-4,13-14,17-18H,5-11H2,(H2,28,29)(H,30,31)/t14-,17?,18+,21?,22+/m1/s1. The number of nitrogens with zero attached hydrogens (tertiary/aromatic N) is 1. The van der Waals surface area contributed by atoms with Gasteiger partial charge in [-0.05, 0) is 44.2 Å². The fraction of sp³-hybridized carbons (Fsp3) is 0.609. The Balaban J connectivity index is 1.78. The average molecular weight is 531 g/mol. The number of aliphatic carboxylic acids is 1. The molecule has 0 spiro atoms. The Morgan fingerprint density at radius 1 is 1.19 bits per heavy atom. The van der Waals surface area contributed by atoms with Crippen molar-refractivity contribution in [2.24, 2.45) is 22.5 Å². The monoisotopic (exact) mass is 530 g/mol. The first kappa shape index (κ1) is 26.4. The molecule has 5 atom stereocenters. The van der Waals surface area contributed by atoms with Crippen molar-refractivity contribution >= 4 is 21.7 Å². The number of primary amides is 1. The molecule has 0 aromatic heterocycles. The van der Waals surface area contributed by atoms with Crippen molar-refractivity contribution in [3.8, 4) is 6.07 Å². The Morgan fingerprint density at radius 3 is 2.36 bits per heavy atom. The summed E-state index contributed by atoms with van der Waals surface area (Å²) in [5.41, 5.74) is 0.235. The third-order valence-corrected chi connectivity index (χ3v) is 9.91. The number of hydrogen-bond acceptors (Lipinski definition) is 7. The van der Waals surface area contributed by atoms with E-state index in [0.717, 1.165) is 18.2 Å². The van der Waals surface area contributed by atoms with Crippen LogP contribution in [-0.4, -0.2) is 56.1 Å². The Labute approximate surface area is 205 Å². The van der Waals surface area contributed by atoms with Gasteiger partial charge in [0.25, 0.3) is 0 Å². The molecule has 13 heteroatoms. The summed E-state index contributed by atoms with van der Waals surface area (Å²) >= 11 is 0. The summed E-state index contributed by atoms with van der Waals surface area (Å²) in [7, 11) is -4.69. The number of hydrogen-bond donors (Lipinski definition) is 2. The molecule has 0 radical (unpaired) electrons. The zero-order valence-corrected chi connectivity index (χ0v) is 19.8. The van der Waals surface area contributed by atoms with E-state index in [0.29, 0.717) is 32.1 Å². The summed E-state index contributed by atoms with van der Waals surface area (Å²) in [6, 6.07) is 5.50. The van der Waals surface area contributed by atoms with Gasteiger partial charge in [-0.3, -0.25) is 9.59 Å². The summed E-state index contributed by atoms with van der Waals surface area (Å²) in [6.45, 7) is 0.677. The highest BCUT2D eigenvalue weighted by molar-refractivity contribution is 7.92. The van der Waals surface area contributed by atoms with Crippen molar-refractivity contribution in [2.45, 2.75) is 60.6 Å². The lowest BCUT2D eigenvalue weighted by molar-refractivity contribution is -0.168. The smallest absolute Gasteiger partial charge is 0.417 e. The number of ether oxygens (including phenoxy) is 2. The highest BCUT2D eigenvalue weighted by atomic mass is 32.2. The number of alkyl halides is 3. The second-order valence-corrected chi connectivity index (χ2v) is 11.8. The van der Waals surface area contributed by atoms with Crippen LogP contribution in [0.3, 0.4) is 0 Å². The maximum Gasteiger partial charge on any atom is 0.417 e.